The summed E-state index contributed by atoms with van der Waals surface area (Å²) in [6, 6.07) is 6.18. The predicted octanol–water partition coefficient (Wildman–Crippen LogP) is 5.91. The second-order valence-corrected chi connectivity index (χ2v) is 14.6. The summed E-state index contributed by atoms with van der Waals surface area (Å²) in [5.41, 5.74) is -3.57. The van der Waals surface area contributed by atoms with Gasteiger partial charge in [0.15, 0.2) is 5.82 Å². The van der Waals surface area contributed by atoms with Crippen LogP contribution in [0.4, 0.5) is 29.1 Å². The first-order valence-corrected chi connectivity index (χ1v) is 16.8. The predicted molar refractivity (Wildman–Crippen MR) is 176 cm³/mol. The van der Waals surface area contributed by atoms with E-state index in [-0.39, 0.29) is 88.5 Å². The third-order valence-electron chi connectivity index (χ3n) is 11.6. The van der Waals surface area contributed by atoms with E-state index in [1.807, 2.05) is 4.90 Å². The standard InChI is InChI=1S/C36H32F4N6O4/c1-2-23-26(37)7-4-19-10-22(47)11-24(28(19)23)29-27(46(48)49)12-25-31(30(29)38)42-33(43-32(25)44-13-20-5-6-21(14-44)41-20)50-18-35-8-3-9-45(35)17-34(15-35)16-36(34,39)40/h1,4,7,10-12,20-21,41,47H,3,5-6,8-9,13-18H2/t20-,21+,34-,35-/m1/s1. The molecule has 5 aliphatic rings. The summed E-state index contributed by atoms with van der Waals surface area (Å²) in [6.07, 6.45) is 9.13. The number of anilines is 1. The number of piperazine rings is 1. The molecular formula is C36H32F4N6O4. The van der Waals surface area contributed by atoms with Crippen LogP contribution in [0.5, 0.6) is 11.8 Å². The van der Waals surface area contributed by atoms with Gasteiger partial charge in [-0.15, -0.1) is 6.42 Å². The summed E-state index contributed by atoms with van der Waals surface area (Å²) in [5.74, 6) is -2.42. The number of alkyl halides is 2. The normalized spacial score (nSPS) is 28.0. The molecule has 14 heteroatoms. The maximum Gasteiger partial charge on any atom is 0.319 e. The minimum absolute atomic E-state index is 0.0172. The fraction of sp³-hybridized carbons (Fsp3) is 0.444. The van der Waals surface area contributed by atoms with Gasteiger partial charge in [-0.25, -0.2) is 17.6 Å². The van der Waals surface area contributed by atoms with E-state index in [0.29, 0.717) is 26.1 Å². The van der Waals surface area contributed by atoms with E-state index < -0.39 is 44.7 Å². The number of aromatic hydroxyl groups is 1. The first-order chi connectivity index (χ1) is 23.9. The number of nitro benzene ring substituents is 1. The molecule has 258 valence electrons. The van der Waals surface area contributed by atoms with Crippen molar-refractivity contribution in [1.82, 2.24) is 20.2 Å². The number of phenolic OH excluding ortho intramolecular Hbond substituents is 1. The Hall–Kier alpha value is -4.74. The van der Waals surface area contributed by atoms with Crippen LogP contribution in [0.1, 0.15) is 44.1 Å². The molecule has 5 fully saturated rings. The van der Waals surface area contributed by atoms with Gasteiger partial charge in [0.2, 0.25) is 0 Å². The minimum atomic E-state index is -2.72. The second kappa shape index (κ2) is 10.6. The van der Waals surface area contributed by atoms with Crippen molar-refractivity contribution in [2.45, 2.75) is 62.1 Å². The molecule has 9 rings (SSSR count). The summed E-state index contributed by atoms with van der Waals surface area (Å²) < 4.78 is 67.4. The zero-order chi connectivity index (χ0) is 34.7. The van der Waals surface area contributed by atoms with Crippen LogP contribution in [0.25, 0.3) is 32.8 Å². The molecule has 1 aromatic heterocycles. The molecule has 4 saturated heterocycles. The largest absolute Gasteiger partial charge is 0.508 e. The van der Waals surface area contributed by atoms with E-state index in [4.69, 9.17) is 16.1 Å². The van der Waals surface area contributed by atoms with Crippen molar-refractivity contribution in [1.29, 1.82) is 0 Å². The lowest BCUT2D eigenvalue weighted by Gasteiger charge is -2.34. The number of nitrogens with zero attached hydrogens (tertiary/aromatic N) is 5. The Kier molecular flexibility index (Phi) is 6.65. The molecular weight excluding hydrogens is 656 g/mol. The van der Waals surface area contributed by atoms with Gasteiger partial charge < -0.3 is 20.1 Å². The van der Waals surface area contributed by atoms with Crippen molar-refractivity contribution < 1.29 is 32.3 Å². The van der Waals surface area contributed by atoms with Crippen molar-refractivity contribution in [3.63, 3.8) is 0 Å². The molecule has 10 nitrogen and oxygen atoms in total. The fourth-order valence-electron chi connectivity index (χ4n) is 9.27. The van der Waals surface area contributed by atoms with Crippen LogP contribution in [0, 0.1) is 39.5 Å². The Balaban J connectivity index is 1.22. The molecule has 1 spiro atoms. The average molecular weight is 689 g/mol. The SMILES string of the molecule is C#Cc1c(F)ccc2cc(O)cc(-c3c([N+](=O)[O-])cc4c(N5C[C@H]6CC[C@@H](C5)N6)nc(OC[C@]56CCCN5C[C@]5(CC5(F)F)C6)nc4c3F)c12. The number of halogens is 4. The topological polar surface area (TPSA) is 117 Å². The number of rotatable bonds is 6. The lowest BCUT2D eigenvalue weighted by Crippen LogP contribution is -2.51. The van der Waals surface area contributed by atoms with Crippen LogP contribution in [-0.4, -0.2) is 81.2 Å². The monoisotopic (exact) mass is 688 g/mol. The molecule has 1 aliphatic carbocycles. The number of terminal acetylenes is 1. The Morgan fingerprint density at radius 2 is 1.90 bits per heavy atom. The number of ether oxygens (including phenoxy) is 1. The summed E-state index contributed by atoms with van der Waals surface area (Å²) in [6.45, 7) is 2.00. The van der Waals surface area contributed by atoms with Crippen LogP contribution in [0.15, 0.2) is 30.3 Å². The van der Waals surface area contributed by atoms with Gasteiger partial charge in [0, 0.05) is 55.2 Å². The summed E-state index contributed by atoms with van der Waals surface area (Å²) in [5, 5.41) is 27.2. The average Bonchev–Trinajstić information content (AvgIpc) is 3.40. The quantitative estimate of drug-likeness (QED) is 0.110. The van der Waals surface area contributed by atoms with Gasteiger partial charge in [-0.3, -0.25) is 15.0 Å². The summed E-state index contributed by atoms with van der Waals surface area (Å²) in [7, 11) is 0. The Bertz CT molecular complexity index is 2180. The van der Waals surface area contributed by atoms with Crippen molar-refractivity contribution in [2.24, 2.45) is 5.41 Å². The van der Waals surface area contributed by atoms with Gasteiger partial charge in [-0.05, 0) is 62.2 Å². The van der Waals surface area contributed by atoms with Gasteiger partial charge in [-0.1, -0.05) is 12.0 Å². The highest BCUT2D eigenvalue weighted by Gasteiger charge is 2.77. The fourth-order valence-corrected chi connectivity index (χ4v) is 9.27. The van der Waals surface area contributed by atoms with E-state index >= 15 is 4.39 Å². The third-order valence-corrected chi connectivity index (χ3v) is 11.6. The molecule has 50 heavy (non-hydrogen) atoms. The minimum Gasteiger partial charge on any atom is -0.508 e. The molecule has 2 bridgehead atoms. The zero-order valence-corrected chi connectivity index (χ0v) is 26.8. The first-order valence-electron chi connectivity index (χ1n) is 16.8. The van der Waals surface area contributed by atoms with E-state index in [0.717, 1.165) is 31.4 Å². The Labute approximate surface area is 283 Å². The van der Waals surface area contributed by atoms with Crippen LogP contribution in [0.3, 0.4) is 0 Å². The summed E-state index contributed by atoms with van der Waals surface area (Å²) >= 11 is 0. The molecule has 4 aromatic rings. The molecule has 3 aromatic carbocycles. The molecule has 5 heterocycles. The van der Waals surface area contributed by atoms with Crippen molar-refractivity contribution in [2.75, 3.05) is 37.7 Å². The highest BCUT2D eigenvalue weighted by molar-refractivity contribution is 6.06. The van der Waals surface area contributed by atoms with Crippen LogP contribution >= 0.6 is 0 Å². The van der Waals surface area contributed by atoms with Crippen molar-refractivity contribution in [3.8, 4) is 35.2 Å². The van der Waals surface area contributed by atoms with Crippen LogP contribution in [0.2, 0.25) is 0 Å². The van der Waals surface area contributed by atoms with Gasteiger partial charge in [-0.2, -0.15) is 9.97 Å². The van der Waals surface area contributed by atoms with Gasteiger partial charge in [0.25, 0.3) is 11.6 Å². The number of fused-ring (bicyclic) bond motifs is 5. The highest BCUT2D eigenvalue weighted by Crippen LogP contribution is 2.69. The van der Waals surface area contributed by atoms with Crippen molar-refractivity contribution >= 4 is 33.2 Å². The second-order valence-electron chi connectivity index (χ2n) is 14.6. The number of benzene rings is 3. The molecule has 0 unspecified atom stereocenters. The van der Waals surface area contributed by atoms with Crippen molar-refractivity contribution in [3.05, 3.63) is 57.6 Å². The number of phenols is 1. The lowest BCUT2D eigenvalue weighted by atomic mass is 9.89. The van der Waals surface area contributed by atoms with Gasteiger partial charge in [0.1, 0.15) is 29.5 Å². The number of aromatic nitrogens is 2. The number of nitrogens with one attached hydrogen (secondary N) is 1. The molecule has 0 amide bonds. The van der Waals surface area contributed by atoms with E-state index in [2.05, 4.69) is 21.1 Å². The van der Waals surface area contributed by atoms with E-state index in [1.165, 1.54) is 18.2 Å². The molecule has 4 aliphatic heterocycles. The number of hydrogen-bond acceptors (Lipinski definition) is 9. The number of hydrogen-bond donors (Lipinski definition) is 2. The molecule has 1 saturated carbocycles. The summed E-state index contributed by atoms with van der Waals surface area (Å²) in [4.78, 5) is 25.1. The lowest BCUT2D eigenvalue weighted by molar-refractivity contribution is -0.384. The number of nitro groups is 1. The van der Waals surface area contributed by atoms with Crippen LogP contribution in [-0.2, 0) is 0 Å². The van der Waals surface area contributed by atoms with E-state index in [9.17, 15) is 28.4 Å². The smallest absolute Gasteiger partial charge is 0.319 e. The van der Waals surface area contributed by atoms with E-state index in [1.54, 1.807) is 0 Å². The maximum absolute atomic E-state index is 17.2. The van der Waals surface area contributed by atoms with Gasteiger partial charge in [0.05, 0.1) is 32.4 Å². The Morgan fingerprint density at radius 3 is 2.60 bits per heavy atom. The maximum atomic E-state index is 17.2. The molecule has 2 N–H and O–H groups in total. The highest BCUT2D eigenvalue weighted by atomic mass is 19.3. The van der Waals surface area contributed by atoms with Gasteiger partial charge >= 0.3 is 6.01 Å². The molecule has 0 radical (unpaired) electrons. The Morgan fingerprint density at radius 1 is 1.14 bits per heavy atom. The molecule has 4 atom stereocenters. The first kappa shape index (κ1) is 31.3. The van der Waals surface area contributed by atoms with Crippen LogP contribution < -0.4 is 15.0 Å². The zero-order valence-electron chi connectivity index (χ0n) is 26.8. The third kappa shape index (κ3) is 4.55.